The summed E-state index contributed by atoms with van der Waals surface area (Å²) in [5, 5.41) is 4.00. The molecule has 1 atom stereocenters. The van der Waals surface area contributed by atoms with Crippen LogP contribution in [0.25, 0.3) is 0 Å². The number of benzene rings is 1. The molecule has 0 saturated carbocycles. The van der Waals surface area contributed by atoms with Gasteiger partial charge in [0.15, 0.2) is 6.10 Å². The SMILES string of the molecule is CCC1=NOC(COCc2ccccc2)C1. The van der Waals surface area contributed by atoms with E-state index in [1.165, 1.54) is 5.56 Å². The highest BCUT2D eigenvalue weighted by Gasteiger charge is 2.19. The Balaban J connectivity index is 1.66. The molecule has 86 valence electrons. The van der Waals surface area contributed by atoms with Crippen LogP contribution in [0.1, 0.15) is 25.3 Å². The maximum atomic E-state index is 5.60. The van der Waals surface area contributed by atoms with Crippen LogP contribution in [-0.2, 0) is 16.2 Å². The lowest BCUT2D eigenvalue weighted by Crippen LogP contribution is -2.15. The highest BCUT2D eigenvalue weighted by atomic mass is 16.7. The first-order chi connectivity index (χ1) is 7.88. The molecule has 1 unspecified atom stereocenters. The van der Waals surface area contributed by atoms with Crippen LogP contribution in [0, 0.1) is 0 Å². The second kappa shape index (κ2) is 5.66. The number of ether oxygens (including phenoxy) is 1. The largest absolute Gasteiger partial charge is 0.390 e. The lowest BCUT2D eigenvalue weighted by atomic mass is 10.1. The number of rotatable bonds is 5. The summed E-state index contributed by atoms with van der Waals surface area (Å²) in [5.41, 5.74) is 2.32. The summed E-state index contributed by atoms with van der Waals surface area (Å²) >= 11 is 0. The molecule has 16 heavy (non-hydrogen) atoms. The molecule has 0 aliphatic carbocycles. The molecule has 3 heteroatoms. The zero-order chi connectivity index (χ0) is 11.2. The molecule has 0 saturated heterocycles. The third kappa shape index (κ3) is 3.07. The predicted molar refractivity (Wildman–Crippen MR) is 63.3 cm³/mol. The van der Waals surface area contributed by atoms with Gasteiger partial charge in [0.05, 0.1) is 18.9 Å². The Labute approximate surface area is 96.1 Å². The van der Waals surface area contributed by atoms with E-state index in [1.807, 2.05) is 18.2 Å². The first-order valence-electron chi connectivity index (χ1n) is 5.71. The van der Waals surface area contributed by atoms with Gasteiger partial charge in [-0.15, -0.1) is 0 Å². The summed E-state index contributed by atoms with van der Waals surface area (Å²) in [7, 11) is 0. The van der Waals surface area contributed by atoms with E-state index in [1.54, 1.807) is 0 Å². The Kier molecular flexibility index (Phi) is 3.94. The lowest BCUT2D eigenvalue weighted by molar-refractivity contribution is -0.00305. The molecule has 0 N–H and O–H groups in total. The summed E-state index contributed by atoms with van der Waals surface area (Å²) < 4.78 is 5.60. The molecule has 0 bridgehead atoms. The smallest absolute Gasteiger partial charge is 0.156 e. The second-order valence-electron chi connectivity index (χ2n) is 3.94. The Morgan fingerprint density at radius 3 is 2.88 bits per heavy atom. The third-order valence-corrected chi connectivity index (χ3v) is 2.62. The Morgan fingerprint density at radius 1 is 1.38 bits per heavy atom. The van der Waals surface area contributed by atoms with Crippen LogP contribution < -0.4 is 0 Å². The van der Waals surface area contributed by atoms with Gasteiger partial charge in [-0.25, -0.2) is 0 Å². The van der Waals surface area contributed by atoms with Crippen LogP contribution in [0.5, 0.6) is 0 Å². The van der Waals surface area contributed by atoms with Crippen LogP contribution >= 0.6 is 0 Å². The minimum atomic E-state index is 0.110. The molecule has 1 aromatic carbocycles. The third-order valence-electron chi connectivity index (χ3n) is 2.62. The van der Waals surface area contributed by atoms with Gasteiger partial charge < -0.3 is 9.57 Å². The summed E-state index contributed by atoms with van der Waals surface area (Å²) in [5.74, 6) is 0. The molecule has 0 aromatic heterocycles. The Hall–Kier alpha value is -1.35. The normalized spacial score (nSPS) is 19.3. The maximum absolute atomic E-state index is 5.60. The summed E-state index contributed by atoms with van der Waals surface area (Å²) in [6.07, 6.45) is 1.99. The van der Waals surface area contributed by atoms with Gasteiger partial charge in [-0.3, -0.25) is 0 Å². The second-order valence-corrected chi connectivity index (χ2v) is 3.94. The first kappa shape index (κ1) is 11.1. The molecule has 3 nitrogen and oxygen atoms in total. The number of nitrogens with zero attached hydrogens (tertiary/aromatic N) is 1. The van der Waals surface area contributed by atoms with Gasteiger partial charge in [0.1, 0.15) is 0 Å². The fraction of sp³-hybridized carbons (Fsp3) is 0.462. The molecule has 1 aliphatic rings. The molecule has 0 fully saturated rings. The van der Waals surface area contributed by atoms with Crippen molar-refractivity contribution in [2.75, 3.05) is 6.61 Å². The lowest BCUT2D eigenvalue weighted by Gasteiger charge is -2.08. The molecule has 0 spiro atoms. The van der Waals surface area contributed by atoms with E-state index in [-0.39, 0.29) is 6.10 Å². The fourth-order valence-electron chi connectivity index (χ4n) is 1.67. The monoisotopic (exact) mass is 219 g/mol. The van der Waals surface area contributed by atoms with E-state index >= 15 is 0 Å². The van der Waals surface area contributed by atoms with Gasteiger partial charge >= 0.3 is 0 Å². The molecular weight excluding hydrogens is 202 g/mol. The summed E-state index contributed by atoms with van der Waals surface area (Å²) in [6.45, 7) is 3.35. The van der Waals surface area contributed by atoms with Crippen LogP contribution in [0.3, 0.4) is 0 Å². The van der Waals surface area contributed by atoms with Gasteiger partial charge in [-0.1, -0.05) is 42.4 Å². The quantitative estimate of drug-likeness (QED) is 0.762. The number of hydrogen-bond donors (Lipinski definition) is 0. The van der Waals surface area contributed by atoms with Crippen LogP contribution in [0.4, 0.5) is 0 Å². The minimum Gasteiger partial charge on any atom is -0.390 e. The van der Waals surface area contributed by atoms with Crippen molar-refractivity contribution in [3.63, 3.8) is 0 Å². The van der Waals surface area contributed by atoms with Gasteiger partial charge in [0.2, 0.25) is 0 Å². The predicted octanol–water partition coefficient (Wildman–Crippen LogP) is 2.76. The van der Waals surface area contributed by atoms with Crippen molar-refractivity contribution in [3.05, 3.63) is 35.9 Å². The highest BCUT2D eigenvalue weighted by Crippen LogP contribution is 2.13. The minimum absolute atomic E-state index is 0.110. The van der Waals surface area contributed by atoms with Gasteiger partial charge in [-0.2, -0.15) is 0 Å². The van der Waals surface area contributed by atoms with Crippen molar-refractivity contribution in [1.82, 2.24) is 0 Å². The topological polar surface area (TPSA) is 30.8 Å². The van der Waals surface area contributed by atoms with Crippen molar-refractivity contribution in [2.45, 2.75) is 32.5 Å². The molecule has 0 radical (unpaired) electrons. The van der Waals surface area contributed by atoms with Gasteiger partial charge in [-0.05, 0) is 12.0 Å². The van der Waals surface area contributed by atoms with Crippen molar-refractivity contribution < 1.29 is 9.57 Å². The Bertz CT molecular complexity index is 348. The van der Waals surface area contributed by atoms with Crippen LogP contribution in [-0.4, -0.2) is 18.4 Å². The Morgan fingerprint density at radius 2 is 2.19 bits per heavy atom. The van der Waals surface area contributed by atoms with Crippen molar-refractivity contribution in [2.24, 2.45) is 5.16 Å². The fourth-order valence-corrected chi connectivity index (χ4v) is 1.67. The van der Waals surface area contributed by atoms with Crippen LogP contribution in [0.15, 0.2) is 35.5 Å². The van der Waals surface area contributed by atoms with E-state index in [9.17, 15) is 0 Å². The van der Waals surface area contributed by atoms with Gasteiger partial charge in [0.25, 0.3) is 0 Å². The van der Waals surface area contributed by atoms with E-state index in [0.29, 0.717) is 13.2 Å². The van der Waals surface area contributed by atoms with Crippen molar-refractivity contribution >= 4 is 5.71 Å². The summed E-state index contributed by atoms with van der Waals surface area (Å²) in [6, 6.07) is 10.2. The first-order valence-corrected chi connectivity index (χ1v) is 5.71. The molecule has 1 aromatic rings. The average Bonchev–Trinajstić information content (AvgIpc) is 2.78. The molecular formula is C13H17NO2. The maximum Gasteiger partial charge on any atom is 0.156 e. The van der Waals surface area contributed by atoms with E-state index < -0.39 is 0 Å². The zero-order valence-electron chi connectivity index (χ0n) is 9.56. The standard InChI is InChI=1S/C13H17NO2/c1-2-12-8-13(16-14-12)10-15-9-11-6-4-3-5-7-11/h3-7,13H,2,8-10H2,1H3. The number of hydrogen-bond acceptors (Lipinski definition) is 3. The average molecular weight is 219 g/mol. The van der Waals surface area contributed by atoms with Crippen molar-refractivity contribution in [3.8, 4) is 0 Å². The van der Waals surface area contributed by atoms with Gasteiger partial charge in [0, 0.05) is 6.42 Å². The highest BCUT2D eigenvalue weighted by molar-refractivity contribution is 5.85. The van der Waals surface area contributed by atoms with E-state index in [0.717, 1.165) is 18.6 Å². The summed E-state index contributed by atoms with van der Waals surface area (Å²) in [4.78, 5) is 5.26. The van der Waals surface area contributed by atoms with Crippen LogP contribution in [0.2, 0.25) is 0 Å². The van der Waals surface area contributed by atoms with E-state index in [2.05, 4.69) is 24.2 Å². The molecule has 1 aliphatic heterocycles. The zero-order valence-corrected chi connectivity index (χ0v) is 9.56. The molecule has 0 amide bonds. The molecule has 1 heterocycles. The number of oxime groups is 1. The van der Waals surface area contributed by atoms with Crippen molar-refractivity contribution in [1.29, 1.82) is 0 Å². The molecule has 2 rings (SSSR count). The van der Waals surface area contributed by atoms with E-state index in [4.69, 9.17) is 9.57 Å².